The predicted molar refractivity (Wildman–Crippen MR) is 105 cm³/mol. The molecule has 0 saturated carbocycles. The highest BCUT2D eigenvalue weighted by atomic mass is 16.5. The summed E-state index contributed by atoms with van der Waals surface area (Å²) < 4.78 is 10.9. The molecule has 4 heteroatoms. The molecule has 4 nitrogen and oxygen atoms in total. The summed E-state index contributed by atoms with van der Waals surface area (Å²) in [6.07, 6.45) is 0.866. The van der Waals surface area contributed by atoms with E-state index in [1.54, 1.807) is 7.11 Å². The first kappa shape index (κ1) is 17.8. The number of hydrogen-bond donors (Lipinski definition) is 1. The molecule has 0 atom stereocenters. The molecule has 0 aliphatic carbocycles. The van der Waals surface area contributed by atoms with Gasteiger partial charge in [-0.25, -0.2) is 0 Å². The minimum Gasteiger partial charge on any atom is -0.497 e. The topological polar surface area (TPSA) is 47.6 Å². The Morgan fingerprint density at radius 1 is 1.00 bits per heavy atom. The van der Waals surface area contributed by atoms with E-state index in [1.807, 2.05) is 61.5 Å². The van der Waals surface area contributed by atoms with Gasteiger partial charge in [0.15, 0.2) is 6.61 Å². The number of fused-ring (bicyclic) bond motifs is 1. The standard InChI is InChI=1S/C22H23NO3/c1-4-16-7-5-6-15(2)22(16)23-21(24)14-26-20-11-9-17-8-10-19(25-3)12-18(17)13-20/h5-13H,4,14H2,1-3H3,(H,23,24). The summed E-state index contributed by atoms with van der Waals surface area (Å²) in [7, 11) is 1.64. The van der Waals surface area contributed by atoms with Crippen LogP contribution in [0.5, 0.6) is 11.5 Å². The lowest BCUT2D eigenvalue weighted by Crippen LogP contribution is -2.21. The summed E-state index contributed by atoms with van der Waals surface area (Å²) in [5.74, 6) is 1.28. The number of hydrogen-bond acceptors (Lipinski definition) is 3. The Bertz CT molecular complexity index is 934. The number of rotatable bonds is 6. The van der Waals surface area contributed by atoms with Gasteiger partial charge in [0.05, 0.1) is 7.11 Å². The van der Waals surface area contributed by atoms with Gasteiger partial charge in [0.25, 0.3) is 5.91 Å². The predicted octanol–water partition coefficient (Wildman–Crippen LogP) is 4.74. The van der Waals surface area contributed by atoms with E-state index in [2.05, 4.69) is 12.2 Å². The minimum absolute atomic E-state index is 0.0348. The van der Waals surface area contributed by atoms with E-state index in [9.17, 15) is 4.79 Å². The molecule has 3 aromatic rings. The lowest BCUT2D eigenvalue weighted by Gasteiger charge is -2.13. The molecule has 26 heavy (non-hydrogen) atoms. The molecule has 0 bridgehead atoms. The van der Waals surface area contributed by atoms with Gasteiger partial charge in [-0.15, -0.1) is 0 Å². The third kappa shape index (κ3) is 3.97. The highest BCUT2D eigenvalue weighted by Gasteiger charge is 2.09. The molecule has 0 heterocycles. The fourth-order valence-electron chi connectivity index (χ4n) is 2.95. The van der Waals surface area contributed by atoms with Gasteiger partial charge in [-0.05, 0) is 59.5 Å². The Labute approximate surface area is 153 Å². The molecule has 0 aliphatic heterocycles. The van der Waals surface area contributed by atoms with E-state index in [-0.39, 0.29) is 12.5 Å². The van der Waals surface area contributed by atoms with E-state index in [0.29, 0.717) is 5.75 Å². The first-order valence-electron chi connectivity index (χ1n) is 8.69. The van der Waals surface area contributed by atoms with Crippen LogP contribution in [0.2, 0.25) is 0 Å². The van der Waals surface area contributed by atoms with E-state index >= 15 is 0 Å². The van der Waals surface area contributed by atoms with Crippen molar-refractivity contribution in [3.8, 4) is 11.5 Å². The molecule has 0 saturated heterocycles. The highest BCUT2D eigenvalue weighted by molar-refractivity contribution is 5.93. The Balaban J connectivity index is 1.69. The second kappa shape index (κ2) is 7.91. The third-order valence-corrected chi connectivity index (χ3v) is 4.39. The van der Waals surface area contributed by atoms with Crippen molar-refractivity contribution in [3.63, 3.8) is 0 Å². The minimum atomic E-state index is -0.167. The summed E-state index contributed by atoms with van der Waals surface area (Å²) in [6.45, 7) is 4.03. The molecule has 3 rings (SSSR count). The maximum atomic E-state index is 12.3. The zero-order chi connectivity index (χ0) is 18.5. The number of benzene rings is 3. The van der Waals surface area contributed by atoms with Crippen molar-refractivity contribution in [2.24, 2.45) is 0 Å². The molecule has 1 N–H and O–H groups in total. The van der Waals surface area contributed by atoms with Gasteiger partial charge in [0, 0.05) is 5.69 Å². The maximum Gasteiger partial charge on any atom is 0.262 e. The molecule has 0 fully saturated rings. The van der Waals surface area contributed by atoms with Crippen LogP contribution in [0, 0.1) is 6.92 Å². The van der Waals surface area contributed by atoms with E-state index in [4.69, 9.17) is 9.47 Å². The van der Waals surface area contributed by atoms with Crippen LogP contribution in [0.4, 0.5) is 5.69 Å². The summed E-state index contributed by atoms with van der Waals surface area (Å²) in [6, 6.07) is 17.6. The number of carbonyl (C=O) groups is 1. The van der Waals surface area contributed by atoms with Gasteiger partial charge in [-0.3, -0.25) is 4.79 Å². The lowest BCUT2D eigenvalue weighted by molar-refractivity contribution is -0.118. The van der Waals surface area contributed by atoms with E-state index in [0.717, 1.165) is 39.8 Å². The van der Waals surface area contributed by atoms with Crippen LogP contribution in [0.1, 0.15) is 18.1 Å². The van der Waals surface area contributed by atoms with Gasteiger partial charge >= 0.3 is 0 Å². The molecular weight excluding hydrogens is 326 g/mol. The number of amides is 1. The van der Waals surface area contributed by atoms with Crippen LogP contribution < -0.4 is 14.8 Å². The van der Waals surface area contributed by atoms with Gasteiger partial charge in [-0.1, -0.05) is 37.3 Å². The highest BCUT2D eigenvalue weighted by Crippen LogP contribution is 2.25. The fourth-order valence-corrected chi connectivity index (χ4v) is 2.95. The summed E-state index contributed by atoms with van der Waals surface area (Å²) >= 11 is 0. The summed E-state index contributed by atoms with van der Waals surface area (Å²) in [5, 5.41) is 5.07. The molecule has 0 aliphatic rings. The van der Waals surface area contributed by atoms with Crippen LogP contribution in [0.25, 0.3) is 10.8 Å². The van der Waals surface area contributed by atoms with Crippen LogP contribution in [0.3, 0.4) is 0 Å². The van der Waals surface area contributed by atoms with Crippen molar-refractivity contribution in [3.05, 3.63) is 65.7 Å². The molecule has 3 aromatic carbocycles. The van der Waals surface area contributed by atoms with Crippen molar-refractivity contribution in [1.29, 1.82) is 0 Å². The van der Waals surface area contributed by atoms with Gasteiger partial charge in [-0.2, -0.15) is 0 Å². The molecule has 0 unspecified atom stereocenters. The largest absolute Gasteiger partial charge is 0.497 e. The molecule has 1 amide bonds. The number of aryl methyl sites for hydroxylation is 2. The Morgan fingerprint density at radius 2 is 1.73 bits per heavy atom. The van der Waals surface area contributed by atoms with Crippen molar-refractivity contribution in [2.75, 3.05) is 19.0 Å². The SMILES string of the molecule is CCc1cccc(C)c1NC(=O)COc1ccc2ccc(OC)cc2c1. The number of ether oxygens (including phenoxy) is 2. The molecule has 0 aromatic heterocycles. The average molecular weight is 349 g/mol. The number of anilines is 1. The Hall–Kier alpha value is -3.01. The lowest BCUT2D eigenvalue weighted by atomic mass is 10.1. The number of methoxy groups -OCH3 is 1. The monoisotopic (exact) mass is 349 g/mol. The second-order valence-corrected chi connectivity index (χ2v) is 6.17. The number of nitrogens with one attached hydrogen (secondary N) is 1. The van der Waals surface area contributed by atoms with Gasteiger partial charge < -0.3 is 14.8 Å². The average Bonchev–Trinajstić information content (AvgIpc) is 2.67. The zero-order valence-electron chi connectivity index (χ0n) is 15.3. The number of para-hydroxylation sites is 1. The van der Waals surface area contributed by atoms with Crippen molar-refractivity contribution in [1.82, 2.24) is 0 Å². The molecule has 0 spiro atoms. The van der Waals surface area contributed by atoms with Crippen molar-refractivity contribution in [2.45, 2.75) is 20.3 Å². The quantitative estimate of drug-likeness (QED) is 0.699. The van der Waals surface area contributed by atoms with E-state index in [1.165, 1.54) is 0 Å². The maximum absolute atomic E-state index is 12.3. The normalized spacial score (nSPS) is 10.6. The van der Waals surface area contributed by atoms with Crippen LogP contribution in [-0.4, -0.2) is 19.6 Å². The van der Waals surface area contributed by atoms with Crippen molar-refractivity contribution < 1.29 is 14.3 Å². The molecule has 0 radical (unpaired) electrons. The smallest absolute Gasteiger partial charge is 0.262 e. The van der Waals surface area contributed by atoms with Crippen LogP contribution >= 0.6 is 0 Å². The van der Waals surface area contributed by atoms with Gasteiger partial charge in [0.2, 0.25) is 0 Å². The second-order valence-electron chi connectivity index (χ2n) is 6.17. The molecular formula is C22H23NO3. The summed E-state index contributed by atoms with van der Waals surface area (Å²) in [4.78, 5) is 12.3. The first-order chi connectivity index (χ1) is 12.6. The zero-order valence-corrected chi connectivity index (χ0v) is 15.3. The number of carbonyl (C=O) groups excluding carboxylic acids is 1. The van der Waals surface area contributed by atoms with E-state index < -0.39 is 0 Å². The Morgan fingerprint density at radius 3 is 2.46 bits per heavy atom. The Kier molecular flexibility index (Phi) is 5.42. The fraction of sp³-hybridized carbons (Fsp3) is 0.227. The van der Waals surface area contributed by atoms with Crippen LogP contribution in [-0.2, 0) is 11.2 Å². The van der Waals surface area contributed by atoms with Crippen molar-refractivity contribution >= 4 is 22.4 Å². The first-order valence-corrected chi connectivity index (χ1v) is 8.69. The summed E-state index contributed by atoms with van der Waals surface area (Å²) in [5.41, 5.74) is 3.05. The van der Waals surface area contributed by atoms with Crippen LogP contribution in [0.15, 0.2) is 54.6 Å². The van der Waals surface area contributed by atoms with Gasteiger partial charge in [0.1, 0.15) is 11.5 Å². The molecule has 134 valence electrons. The third-order valence-electron chi connectivity index (χ3n) is 4.39.